The number of benzene rings is 1. The van der Waals surface area contributed by atoms with Crippen molar-refractivity contribution in [2.24, 2.45) is 0 Å². The molecule has 0 amide bonds. The van der Waals surface area contributed by atoms with Crippen molar-refractivity contribution in [3.8, 4) is 0 Å². The topological polar surface area (TPSA) is 40.5 Å². The van der Waals surface area contributed by atoms with Crippen LogP contribution in [0.1, 0.15) is 30.4 Å². The highest BCUT2D eigenvalue weighted by molar-refractivity contribution is 9.11. The van der Waals surface area contributed by atoms with Gasteiger partial charge >= 0.3 is 5.97 Å². The number of likely N-dealkylation sites (tertiary alicyclic amines) is 1. The van der Waals surface area contributed by atoms with Crippen molar-refractivity contribution >= 4 is 37.8 Å². The number of aliphatic carboxylic acids is 1. The Balaban J connectivity index is 2.17. The summed E-state index contributed by atoms with van der Waals surface area (Å²) in [4.78, 5) is 13.3. The van der Waals surface area contributed by atoms with Crippen LogP contribution in [0.25, 0.3) is 0 Å². The Hall–Kier alpha value is -0.390. The van der Waals surface area contributed by atoms with Crippen LogP contribution in [0.15, 0.2) is 21.1 Å². The zero-order chi connectivity index (χ0) is 14.0. The number of rotatable bonds is 3. The molecule has 1 heterocycles. The molecule has 1 aromatic carbocycles. The van der Waals surface area contributed by atoms with Crippen molar-refractivity contribution in [1.82, 2.24) is 4.90 Å². The molecule has 1 aromatic rings. The summed E-state index contributed by atoms with van der Waals surface area (Å²) in [6.45, 7) is 3.59. The normalized spacial score (nSPS) is 20.5. The number of carboxylic acid groups (broad SMARTS) is 1. The first-order valence-electron chi connectivity index (χ1n) is 6.40. The molecular formula is C14H17Br2NO2. The number of nitrogens with zero attached hydrogens (tertiary/aromatic N) is 1. The van der Waals surface area contributed by atoms with Crippen LogP contribution in [0.3, 0.4) is 0 Å². The summed E-state index contributed by atoms with van der Waals surface area (Å²) in [6.07, 6.45) is 2.84. The SMILES string of the molecule is Cc1c(Br)cc(CN2CCCCC2C(=O)O)cc1Br. The predicted molar refractivity (Wildman–Crippen MR) is 82.3 cm³/mol. The van der Waals surface area contributed by atoms with Gasteiger partial charge in [0.2, 0.25) is 0 Å². The predicted octanol–water partition coefficient (Wildman–Crippen LogP) is 3.96. The molecule has 0 spiro atoms. The molecule has 1 N–H and O–H groups in total. The molecule has 1 unspecified atom stereocenters. The summed E-state index contributed by atoms with van der Waals surface area (Å²) in [5.41, 5.74) is 2.30. The molecule has 2 rings (SSSR count). The fraction of sp³-hybridized carbons (Fsp3) is 0.500. The summed E-state index contributed by atoms with van der Waals surface area (Å²) < 4.78 is 2.11. The van der Waals surface area contributed by atoms with Gasteiger partial charge in [-0.15, -0.1) is 0 Å². The van der Waals surface area contributed by atoms with Gasteiger partial charge in [0.15, 0.2) is 0 Å². The molecule has 3 nitrogen and oxygen atoms in total. The van der Waals surface area contributed by atoms with Gasteiger partial charge in [-0.25, -0.2) is 0 Å². The van der Waals surface area contributed by atoms with Crippen molar-refractivity contribution in [2.45, 2.75) is 38.8 Å². The lowest BCUT2D eigenvalue weighted by atomic mass is 10.0. The third-order valence-corrected chi connectivity index (χ3v) is 5.27. The molecule has 1 saturated heterocycles. The average molecular weight is 391 g/mol. The van der Waals surface area contributed by atoms with Crippen LogP contribution in [-0.2, 0) is 11.3 Å². The number of hydrogen-bond acceptors (Lipinski definition) is 2. The lowest BCUT2D eigenvalue weighted by molar-refractivity contribution is -0.144. The minimum Gasteiger partial charge on any atom is -0.480 e. The molecule has 104 valence electrons. The Kier molecular flexibility index (Phi) is 5.03. The summed E-state index contributed by atoms with van der Waals surface area (Å²) in [6, 6.07) is 3.81. The first-order valence-corrected chi connectivity index (χ1v) is 7.99. The zero-order valence-electron chi connectivity index (χ0n) is 10.8. The number of hydrogen-bond donors (Lipinski definition) is 1. The second-order valence-corrected chi connectivity index (χ2v) is 6.71. The summed E-state index contributed by atoms with van der Waals surface area (Å²) in [5, 5.41) is 9.28. The van der Waals surface area contributed by atoms with Crippen LogP contribution in [0.5, 0.6) is 0 Å². The van der Waals surface area contributed by atoms with Gasteiger partial charge in [0.1, 0.15) is 6.04 Å². The molecule has 0 radical (unpaired) electrons. The van der Waals surface area contributed by atoms with Gasteiger partial charge < -0.3 is 5.11 Å². The minimum absolute atomic E-state index is 0.340. The first-order chi connectivity index (χ1) is 8.99. The minimum atomic E-state index is -0.704. The molecule has 1 atom stereocenters. The quantitative estimate of drug-likeness (QED) is 0.849. The molecule has 0 aromatic heterocycles. The van der Waals surface area contributed by atoms with Gasteiger partial charge in [0.25, 0.3) is 0 Å². The molecule has 1 aliphatic rings. The third kappa shape index (κ3) is 3.58. The van der Waals surface area contributed by atoms with E-state index in [1.54, 1.807) is 0 Å². The van der Waals surface area contributed by atoms with Gasteiger partial charge in [0.05, 0.1) is 0 Å². The first kappa shape index (κ1) is 15.0. The van der Waals surface area contributed by atoms with Crippen molar-refractivity contribution in [2.75, 3.05) is 6.54 Å². The molecule has 0 aliphatic carbocycles. The van der Waals surface area contributed by atoms with Crippen LogP contribution in [0, 0.1) is 6.92 Å². The molecule has 0 saturated carbocycles. The summed E-state index contributed by atoms with van der Waals surface area (Å²) >= 11 is 7.08. The van der Waals surface area contributed by atoms with Crippen LogP contribution < -0.4 is 0 Å². The highest BCUT2D eigenvalue weighted by Gasteiger charge is 2.28. The number of carboxylic acids is 1. The maximum absolute atomic E-state index is 11.3. The van der Waals surface area contributed by atoms with Gasteiger partial charge in [0, 0.05) is 15.5 Å². The van der Waals surface area contributed by atoms with Crippen molar-refractivity contribution in [3.05, 3.63) is 32.2 Å². The highest BCUT2D eigenvalue weighted by atomic mass is 79.9. The molecule has 5 heteroatoms. The van der Waals surface area contributed by atoms with Crippen LogP contribution >= 0.6 is 31.9 Å². The van der Waals surface area contributed by atoms with E-state index in [1.807, 2.05) is 6.92 Å². The number of carbonyl (C=O) groups is 1. The van der Waals surface area contributed by atoms with E-state index in [1.165, 1.54) is 0 Å². The van der Waals surface area contributed by atoms with E-state index in [2.05, 4.69) is 48.9 Å². The Morgan fingerprint density at radius 3 is 2.58 bits per heavy atom. The average Bonchev–Trinajstić information content (AvgIpc) is 2.36. The smallest absolute Gasteiger partial charge is 0.320 e. The van der Waals surface area contributed by atoms with E-state index in [-0.39, 0.29) is 6.04 Å². The Morgan fingerprint density at radius 2 is 2.00 bits per heavy atom. The van der Waals surface area contributed by atoms with Crippen LogP contribution in [-0.4, -0.2) is 28.6 Å². The van der Waals surface area contributed by atoms with E-state index in [9.17, 15) is 9.90 Å². The summed E-state index contributed by atoms with van der Waals surface area (Å²) in [5.74, 6) is -0.704. The zero-order valence-corrected chi connectivity index (χ0v) is 14.0. The Labute approximate surface area is 130 Å². The van der Waals surface area contributed by atoms with Gasteiger partial charge in [-0.1, -0.05) is 38.3 Å². The van der Waals surface area contributed by atoms with Gasteiger partial charge in [-0.05, 0) is 49.6 Å². The van der Waals surface area contributed by atoms with E-state index >= 15 is 0 Å². The largest absolute Gasteiger partial charge is 0.480 e. The maximum Gasteiger partial charge on any atom is 0.320 e. The highest BCUT2D eigenvalue weighted by Crippen LogP contribution is 2.28. The molecular weight excluding hydrogens is 374 g/mol. The number of halogens is 2. The fourth-order valence-corrected chi connectivity index (χ4v) is 3.76. The van der Waals surface area contributed by atoms with Gasteiger partial charge in [-0.3, -0.25) is 9.69 Å². The van der Waals surface area contributed by atoms with Crippen LogP contribution in [0.2, 0.25) is 0 Å². The molecule has 1 aliphatic heterocycles. The van der Waals surface area contributed by atoms with Crippen molar-refractivity contribution < 1.29 is 9.90 Å². The molecule has 0 bridgehead atoms. The second kappa shape index (κ2) is 6.37. The van der Waals surface area contributed by atoms with E-state index in [4.69, 9.17) is 0 Å². The lowest BCUT2D eigenvalue weighted by Gasteiger charge is -2.33. The second-order valence-electron chi connectivity index (χ2n) is 5.00. The molecule has 19 heavy (non-hydrogen) atoms. The lowest BCUT2D eigenvalue weighted by Crippen LogP contribution is -2.44. The van der Waals surface area contributed by atoms with Crippen molar-refractivity contribution in [3.63, 3.8) is 0 Å². The third-order valence-electron chi connectivity index (χ3n) is 3.63. The Morgan fingerprint density at radius 1 is 1.37 bits per heavy atom. The van der Waals surface area contributed by atoms with E-state index in [0.29, 0.717) is 6.54 Å². The Bertz CT molecular complexity index is 467. The fourth-order valence-electron chi connectivity index (χ4n) is 2.48. The van der Waals surface area contributed by atoms with E-state index < -0.39 is 5.97 Å². The maximum atomic E-state index is 11.3. The van der Waals surface area contributed by atoms with Crippen molar-refractivity contribution in [1.29, 1.82) is 0 Å². The van der Waals surface area contributed by atoms with Gasteiger partial charge in [-0.2, -0.15) is 0 Å². The number of piperidine rings is 1. The monoisotopic (exact) mass is 389 g/mol. The summed E-state index contributed by atoms with van der Waals surface area (Å²) in [7, 11) is 0. The molecule has 1 fully saturated rings. The van der Waals surface area contributed by atoms with E-state index in [0.717, 1.165) is 45.9 Å². The standard InChI is InChI=1S/C14H17Br2NO2/c1-9-11(15)6-10(7-12(9)16)8-17-5-3-2-4-13(17)14(18)19/h6-7,13H,2-5,8H2,1H3,(H,18,19). The van der Waals surface area contributed by atoms with Crippen LogP contribution in [0.4, 0.5) is 0 Å².